The molecule has 0 aromatic heterocycles. The second-order valence-corrected chi connectivity index (χ2v) is 4.87. The van der Waals surface area contributed by atoms with E-state index in [4.69, 9.17) is 0 Å². The van der Waals surface area contributed by atoms with Crippen LogP contribution >= 0.6 is 0 Å². The monoisotopic (exact) mass is 272 g/mol. The molecule has 0 N–H and O–H groups in total. The van der Waals surface area contributed by atoms with Crippen molar-refractivity contribution in [1.82, 2.24) is 0 Å². The van der Waals surface area contributed by atoms with Crippen molar-refractivity contribution in [2.24, 2.45) is 0 Å². The third-order valence-electron chi connectivity index (χ3n) is 3.08. The Morgan fingerprint density at radius 3 is 2.10 bits per heavy atom. The van der Waals surface area contributed by atoms with E-state index < -0.39 is 0 Å². The first kappa shape index (κ1) is 18.7. The van der Waals surface area contributed by atoms with Crippen LogP contribution in [0.1, 0.15) is 64.9 Å². The maximum Gasteiger partial charge on any atom is -0.0282 e. The normalized spacial score (nSPS) is 12.5. The van der Waals surface area contributed by atoms with E-state index in [1.54, 1.807) is 5.57 Å². The van der Waals surface area contributed by atoms with E-state index in [1.165, 1.54) is 44.1 Å². The van der Waals surface area contributed by atoms with Gasteiger partial charge in [0.15, 0.2) is 0 Å². The highest BCUT2D eigenvalue weighted by Crippen LogP contribution is 2.15. The summed E-state index contributed by atoms with van der Waals surface area (Å²) in [7, 11) is 0. The number of unbranched alkanes of at least 4 members (excludes halogenated alkanes) is 2. The van der Waals surface area contributed by atoms with E-state index in [-0.39, 0.29) is 0 Å². The van der Waals surface area contributed by atoms with Gasteiger partial charge in [-0.1, -0.05) is 93.3 Å². The molecule has 1 aromatic rings. The summed E-state index contributed by atoms with van der Waals surface area (Å²) in [5.41, 5.74) is 2.88. The van der Waals surface area contributed by atoms with Gasteiger partial charge >= 0.3 is 0 Å². The number of rotatable bonds is 4. The molecule has 0 spiro atoms. The van der Waals surface area contributed by atoms with Gasteiger partial charge < -0.3 is 0 Å². The molecule has 0 radical (unpaired) electrons. The maximum atomic E-state index is 2.38. The van der Waals surface area contributed by atoms with Crippen molar-refractivity contribution in [3.05, 3.63) is 59.7 Å². The summed E-state index contributed by atoms with van der Waals surface area (Å²) >= 11 is 0. The van der Waals surface area contributed by atoms with Crippen LogP contribution in [0.4, 0.5) is 0 Å². The van der Waals surface area contributed by atoms with Gasteiger partial charge in [0.2, 0.25) is 0 Å². The molecule has 0 amide bonds. The molecule has 0 saturated heterocycles. The first-order valence-corrected chi connectivity index (χ1v) is 8.20. The summed E-state index contributed by atoms with van der Waals surface area (Å²) < 4.78 is 0. The van der Waals surface area contributed by atoms with Crippen LogP contribution in [0.2, 0.25) is 0 Å². The minimum atomic E-state index is 1.25. The SMILES string of the molecule is CC.CCCCCC1=CCCC=C1.Cc1ccccc1. The Morgan fingerprint density at radius 2 is 1.65 bits per heavy atom. The van der Waals surface area contributed by atoms with Gasteiger partial charge in [0.1, 0.15) is 0 Å². The molecule has 0 bridgehead atoms. The van der Waals surface area contributed by atoms with E-state index in [1.807, 2.05) is 32.0 Å². The summed E-state index contributed by atoms with van der Waals surface area (Å²) in [5, 5.41) is 0. The summed E-state index contributed by atoms with van der Waals surface area (Å²) in [4.78, 5) is 0. The Balaban J connectivity index is 0.000000345. The van der Waals surface area contributed by atoms with Crippen LogP contribution < -0.4 is 0 Å². The first-order chi connectivity index (χ1) is 9.83. The molecule has 2 rings (SSSR count). The fourth-order valence-electron chi connectivity index (χ4n) is 1.97. The fraction of sp³-hybridized carbons (Fsp3) is 0.500. The number of benzene rings is 1. The molecular weight excluding hydrogens is 240 g/mol. The Hall–Kier alpha value is -1.30. The topological polar surface area (TPSA) is 0 Å². The van der Waals surface area contributed by atoms with Crippen LogP contribution in [-0.2, 0) is 0 Å². The average molecular weight is 272 g/mol. The molecule has 0 heterocycles. The highest BCUT2D eigenvalue weighted by atomic mass is 14.0. The van der Waals surface area contributed by atoms with E-state index in [2.05, 4.69) is 44.2 Å². The lowest BCUT2D eigenvalue weighted by Crippen LogP contribution is -1.85. The molecule has 1 aliphatic rings. The van der Waals surface area contributed by atoms with Gasteiger partial charge in [-0.25, -0.2) is 0 Å². The van der Waals surface area contributed by atoms with Crippen LogP contribution in [0, 0.1) is 6.92 Å². The van der Waals surface area contributed by atoms with Crippen LogP contribution in [0.5, 0.6) is 0 Å². The Bertz CT molecular complexity index is 357. The van der Waals surface area contributed by atoms with E-state index in [0.29, 0.717) is 0 Å². The Kier molecular flexibility index (Phi) is 13.2. The zero-order valence-electron chi connectivity index (χ0n) is 13.9. The van der Waals surface area contributed by atoms with Gasteiger partial charge in [-0.15, -0.1) is 0 Å². The van der Waals surface area contributed by atoms with Gasteiger partial charge in [0, 0.05) is 0 Å². The zero-order chi connectivity index (χ0) is 15.1. The lowest BCUT2D eigenvalue weighted by molar-refractivity contribution is 0.715. The number of allylic oxidation sites excluding steroid dienone is 4. The summed E-state index contributed by atoms with van der Waals surface area (Å²) in [6, 6.07) is 10.3. The summed E-state index contributed by atoms with van der Waals surface area (Å²) in [6.07, 6.45) is 14.9. The Morgan fingerprint density at radius 1 is 0.950 bits per heavy atom. The lowest BCUT2D eigenvalue weighted by atomic mass is 10.0. The Labute approximate surface area is 126 Å². The second kappa shape index (κ2) is 14.1. The van der Waals surface area contributed by atoms with Gasteiger partial charge in [0.25, 0.3) is 0 Å². The zero-order valence-corrected chi connectivity index (χ0v) is 13.9. The third-order valence-corrected chi connectivity index (χ3v) is 3.08. The van der Waals surface area contributed by atoms with Crippen LogP contribution in [0.25, 0.3) is 0 Å². The predicted molar refractivity (Wildman–Crippen MR) is 93.1 cm³/mol. The summed E-state index contributed by atoms with van der Waals surface area (Å²) in [6.45, 7) is 8.34. The molecule has 0 saturated carbocycles. The highest BCUT2D eigenvalue weighted by molar-refractivity contribution is 5.21. The smallest absolute Gasteiger partial charge is 0.0282 e. The molecule has 20 heavy (non-hydrogen) atoms. The van der Waals surface area contributed by atoms with Gasteiger partial charge in [0.05, 0.1) is 0 Å². The molecule has 0 aliphatic heterocycles. The lowest BCUT2D eigenvalue weighted by Gasteiger charge is -2.05. The minimum Gasteiger partial charge on any atom is -0.0840 e. The van der Waals surface area contributed by atoms with Crippen LogP contribution in [0.3, 0.4) is 0 Å². The molecule has 0 atom stereocenters. The summed E-state index contributed by atoms with van der Waals surface area (Å²) in [5.74, 6) is 0. The van der Waals surface area contributed by atoms with Crippen molar-refractivity contribution in [2.45, 2.75) is 66.2 Å². The fourth-order valence-corrected chi connectivity index (χ4v) is 1.97. The van der Waals surface area contributed by atoms with Crippen molar-refractivity contribution in [1.29, 1.82) is 0 Å². The number of hydrogen-bond acceptors (Lipinski definition) is 0. The van der Waals surface area contributed by atoms with E-state index >= 15 is 0 Å². The molecule has 0 fully saturated rings. The van der Waals surface area contributed by atoms with Gasteiger partial charge in [-0.2, -0.15) is 0 Å². The van der Waals surface area contributed by atoms with Crippen LogP contribution in [0.15, 0.2) is 54.1 Å². The quantitative estimate of drug-likeness (QED) is 0.525. The molecule has 112 valence electrons. The van der Waals surface area contributed by atoms with Crippen molar-refractivity contribution in [3.8, 4) is 0 Å². The first-order valence-electron chi connectivity index (χ1n) is 8.20. The molecular formula is C20H32. The maximum absolute atomic E-state index is 2.38. The van der Waals surface area contributed by atoms with E-state index in [0.717, 1.165) is 0 Å². The number of aryl methyl sites for hydroxylation is 1. The van der Waals surface area contributed by atoms with Crippen molar-refractivity contribution < 1.29 is 0 Å². The molecule has 1 aliphatic carbocycles. The standard InChI is InChI=1S/C11H18.C7H8.C2H6/c1-2-3-5-8-11-9-6-4-7-10-11;1-7-5-3-2-4-6-7;1-2/h6,9-10H,2-5,7-8H2,1H3;2-6H,1H3;1-2H3. The molecule has 0 nitrogen and oxygen atoms in total. The predicted octanol–water partition coefficient (Wildman–Crippen LogP) is 6.86. The number of hydrogen-bond donors (Lipinski definition) is 0. The van der Waals surface area contributed by atoms with E-state index in [9.17, 15) is 0 Å². The van der Waals surface area contributed by atoms with Gasteiger partial charge in [-0.05, 0) is 32.6 Å². The van der Waals surface area contributed by atoms with Crippen molar-refractivity contribution >= 4 is 0 Å². The molecule has 0 heteroatoms. The third kappa shape index (κ3) is 10.6. The second-order valence-electron chi connectivity index (χ2n) is 4.87. The minimum absolute atomic E-state index is 1.25. The highest BCUT2D eigenvalue weighted by Gasteiger charge is 1.95. The molecule has 0 unspecified atom stereocenters. The average Bonchev–Trinajstić information content (AvgIpc) is 2.52. The van der Waals surface area contributed by atoms with Crippen molar-refractivity contribution in [3.63, 3.8) is 0 Å². The largest absolute Gasteiger partial charge is 0.0840 e. The van der Waals surface area contributed by atoms with Gasteiger partial charge in [-0.3, -0.25) is 0 Å². The van der Waals surface area contributed by atoms with Crippen LogP contribution in [-0.4, -0.2) is 0 Å². The van der Waals surface area contributed by atoms with Crippen molar-refractivity contribution in [2.75, 3.05) is 0 Å². The molecule has 1 aromatic carbocycles.